The molecule has 1 aliphatic carbocycles. The number of imidazole rings is 1. The Morgan fingerprint density at radius 3 is 2.59 bits per heavy atom. The van der Waals surface area contributed by atoms with Gasteiger partial charge in [-0.25, -0.2) is 4.98 Å². The predicted molar refractivity (Wildman–Crippen MR) is 119 cm³/mol. The average molecular weight is 388 g/mol. The predicted octanol–water partition coefficient (Wildman–Crippen LogP) is 5.57. The fraction of sp³-hybridized carbons (Fsp3) is 0.360. The minimum atomic E-state index is -0.0260. The van der Waals surface area contributed by atoms with Crippen molar-refractivity contribution >= 4 is 16.9 Å². The third kappa shape index (κ3) is 4.26. The number of hydrogen-bond acceptors (Lipinski definition) is 2. The van der Waals surface area contributed by atoms with Gasteiger partial charge in [0, 0.05) is 17.8 Å². The zero-order valence-electron chi connectivity index (χ0n) is 17.6. The zero-order valence-corrected chi connectivity index (χ0v) is 17.6. The number of carbonyl (C=O) groups is 1. The molecule has 3 aromatic rings. The van der Waals surface area contributed by atoms with Crippen molar-refractivity contribution in [2.45, 2.75) is 52.9 Å². The lowest BCUT2D eigenvalue weighted by Crippen LogP contribution is -2.24. The zero-order chi connectivity index (χ0) is 20.4. The Morgan fingerprint density at radius 2 is 1.86 bits per heavy atom. The first kappa shape index (κ1) is 19.4. The molecule has 0 saturated carbocycles. The number of rotatable bonds is 5. The van der Waals surface area contributed by atoms with Crippen molar-refractivity contribution in [3.63, 3.8) is 0 Å². The molecule has 1 heterocycles. The number of amides is 1. The molecule has 2 aromatic carbocycles. The molecule has 1 aliphatic rings. The van der Waals surface area contributed by atoms with Crippen molar-refractivity contribution in [1.29, 1.82) is 0 Å². The highest BCUT2D eigenvalue weighted by molar-refractivity contribution is 5.97. The number of aromatic nitrogens is 2. The number of nitrogens with zero attached hydrogens (tertiary/aromatic N) is 2. The van der Waals surface area contributed by atoms with Crippen molar-refractivity contribution in [3.8, 4) is 5.69 Å². The van der Waals surface area contributed by atoms with Crippen molar-refractivity contribution in [2.24, 2.45) is 0 Å². The van der Waals surface area contributed by atoms with E-state index in [4.69, 9.17) is 4.98 Å². The summed E-state index contributed by atoms with van der Waals surface area (Å²) in [5, 5.41) is 3.06. The highest BCUT2D eigenvalue weighted by Gasteiger charge is 2.13. The number of aryl methyl sites for hydroxylation is 3. The second kappa shape index (κ2) is 8.24. The van der Waals surface area contributed by atoms with Crippen LogP contribution < -0.4 is 5.32 Å². The number of fused-ring (bicyclic) bond motifs is 1. The summed E-state index contributed by atoms with van der Waals surface area (Å²) in [6.07, 6.45) is 8.22. The smallest absolute Gasteiger partial charge is 0.251 e. The van der Waals surface area contributed by atoms with Gasteiger partial charge in [0.25, 0.3) is 5.91 Å². The van der Waals surface area contributed by atoms with E-state index >= 15 is 0 Å². The summed E-state index contributed by atoms with van der Waals surface area (Å²) in [6, 6.07) is 12.3. The number of carbonyl (C=O) groups excluding carboxylic acids is 1. The Labute approximate surface area is 172 Å². The van der Waals surface area contributed by atoms with Crippen LogP contribution in [-0.2, 0) is 0 Å². The Hall–Kier alpha value is -2.88. The summed E-state index contributed by atoms with van der Waals surface area (Å²) < 4.78 is 2.16. The van der Waals surface area contributed by atoms with Crippen LogP contribution in [0, 0.1) is 20.8 Å². The molecule has 1 N–H and O–H groups in total. The van der Waals surface area contributed by atoms with Gasteiger partial charge in [-0.15, -0.1) is 0 Å². The molecule has 4 rings (SSSR count). The van der Waals surface area contributed by atoms with Gasteiger partial charge in [0.2, 0.25) is 0 Å². The number of nitrogens with one attached hydrogen (secondary N) is 1. The van der Waals surface area contributed by atoms with Gasteiger partial charge in [-0.05, 0) is 94.3 Å². The van der Waals surface area contributed by atoms with Crippen LogP contribution in [0.5, 0.6) is 0 Å². The van der Waals surface area contributed by atoms with E-state index in [9.17, 15) is 4.79 Å². The molecule has 1 amide bonds. The van der Waals surface area contributed by atoms with Crippen LogP contribution in [0.2, 0.25) is 0 Å². The fourth-order valence-corrected chi connectivity index (χ4v) is 4.32. The Morgan fingerprint density at radius 1 is 1.07 bits per heavy atom. The number of allylic oxidation sites excluding steroid dienone is 1. The van der Waals surface area contributed by atoms with E-state index in [0.29, 0.717) is 12.1 Å². The third-order valence-electron chi connectivity index (χ3n) is 5.67. The van der Waals surface area contributed by atoms with Crippen molar-refractivity contribution in [1.82, 2.24) is 14.9 Å². The minimum absolute atomic E-state index is 0.0260. The second-order valence-electron chi connectivity index (χ2n) is 8.16. The normalized spacial score (nSPS) is 14.1. The van der Waals surface area contributed by atoms with E-state index in [1.165, 1.54) is 42.4 Å². The highest BCUT2D eigenvalue weighted by Crippen LogP contribution is 2.24. The van der Waals surface area contributed by atoms with Crippen LogP contribution in [0.4, 0.5) is 0 Å². The van der Waals surface area contributed by atoms with Crippen molar-refractivity contribution in [3.05, 3.63) is 70.6 Å². The molecule has 0 radical (unpaired) electrons. The Bertz CT molecular complexity index is 1070. The van der Waals surface area contributed by atoms with Gasteiger partial charge >= 0.3 is 0 Å². The van der Waals surface area contributed by atoms with Gasteiger partial charge in [-0.3, -0.25) is 9.36 Å². The van der Waals surface area contributed by atoms with Gasteiger partial charge in [0.15, 0.2) is 0 Å². The lowest BCUT2D eigenvalue weighted by atomic mass is 9.97. The van der Waals surface area contributed by atoms with Gasteiger partial charge < -0.3 is 5.32 Å². The lowest BCUT2D eigenvalue weighted by molar-refractivity contribution is 0.0954. The lowest BCUT2D eigenvalue weighted by Gasteiger charge is -2.13. The summed E-state index contributed by atoms with van der Waals surface area (Å²) in [5.41, 5.74) is 7.59. The van der Waals surface area contributed by atoms with Crippen LogP contribution in [0.1, 0.15) is 59.4 Å². The quantitative estimate of drug-likeness (QED) is 0.582. The van der Waals surface area contributed by atoms with Crippen molar-refractivity contribution < 1.29 is 4.79 Å². The molecule has 0 unspecified atom stereocenters. The first-order chi connectivity index (χ1) is 14.0. The van der Waals surface area contributed by atoms with E-state index in [1.54, 1.807) is 0 Å². The molecule has 4 nitrogen and oxygen atoms in total. The van der Waals surface area contributed by atoms with Gasteiger partial charge in [-0.1, -0.05) is 17.7 Å². The highest BCUT2D eigenvalue weighted by atomic mass is 16.1. The van der Waals surface area contributed by atoms with E-state index < -0.39 is 0 Å². The maximum atomic E-state index is 12.6. The van der Waals surface area contributed by atoms with Crippen LogP contribution in [0.3, 0.4) is 0 Å². The molecule has 1 aromatic heterocycles. The van der Waals surface area contributed by atoms with E-state index in [0.717, 1.165) is 29.0 Å². The standard InChI is InChI=1S/C25H29N3O/c1-17-13-18(2)15-22(14-17)28-19(3)27-23-16-21(9-10-24(23)28)25(29)26-12-11-20-7-5-4-6-8-20/h7,9-10,13-16H,4-6,8,11-12H2,1-3H3,(H,26,29). The maximum absolute atomic E-state index is 12.6. The summed E-state index contributed by atoms with van der Waals surface area (Å²) in [4.78, 5) is 17.3. The van der Waals surface area contributed by atoms with Crippen LogP contribution in [0.25, 0.3) is 16.7 Å². The molecule has 0 atom stereocenters. The molecule has 0 saturated heterocycles. The van der Waals surface area contributed by atoms with Crippen LogP contribution in [-0.4, -0.2) is 22.0 Å². The Balaban J connectivity index is 1.54. The largest absolute Gasteiger partial charge is 0.352 e. The first-order valence-corrected chi connectivity index (χ1v) is 10.5. The van der Waals surface area contributed by atoms with Crippen molar-refractivity contribution in [2.75, 3.05) is 6.54 Å². The molecule has 0 fully saturated rings. The second-order valence-corrected chi connectivity index (χ2v) is 8.16. The average Bonchev–Trinajstić information content (AvgIpc) is 3.02. The van der Waals surface area contributed by atoms with Crippen LogP contribution >= 0.6 is 0 Å². The fourth-order valence-electron chi connectivity index (χ4n) is 4.32. The molecule has 0 spiro atoms. The minimum Gasteiger partial charge on any atom is -0.352 e. The van der Waals surface area contributed by atoms with E-state index in [-0.39, 0.29) is 5.91 Å². The van der Waals surface area contributed by atoms with E-state index in [2.05, 4.69) is 48.0 Å². The molecule has 0 bridgehead atoms. The monoisotopic (exact) mass is 387 g/mol. The summed E-state index contributed by atoms with van der Waals surface area (Å²) in [6.45, 7) is 6.92. The number of benzene rings is 2. The van der Waals surface area contributed by atoms with Gasteiger partial charge in [0.05, 0.1) is 11.0 Å². The van der Waals surface area contributed by atoms with E-state index in [1.807, 2.05) is 25.1 Å². The summed E-state index contributed by atoms with van der Waals surface area (Å²) in [5.74, 6) is 0.897. The topological polar surface area (TPSA) is 46.9 Å². The van der Waals surface area contributed by atoms with Gasteiger partial charge in [-0.2, -0.15) is 0 Å². The molecule has 150 valence electrons. The third-order valence-corrected chi connectivity index (χ3v) is 5.67. The molecule has 0 aliphatic heterocycles. The molecule has 29 heavy (non-hydrogen) atoms. The maximum Gasteiger partial charge on any atom is 0.251 e. The number of hydrogen-bond donors (Lipinski definition) is 1. The molecular formula is C25H29N3O. The summed E-state index contributed by atoms with van der Waals surface area (Å²) >= 11 is 0. The SMILES string of the molecule is Cc1cc(C)cc(-n2c(C)nc3cc(C(=O)NCCC4=CCCCC4)ccc32)c1. The molecular weight excluding hydrogens is 358 g/mol. The van der Waals surface area contributed by atoms with Crippen LogP contribution in [0.15, 0.2) is 48.0 Å². The Kier molecular flexibility index (Phi) is 5.52. The summed E-state index contributed by atoms with van der Waals surface area (Å²) in [7, 11) is 0. The first-order valence-electron chi connectivity index (χ1n) is 10.5. The van der Waals surface area contributed by atoms with Gasteiger partial charge in [0.1, 0.15) is 5.82 Å². The molecule has 4 heteroatoms.